The number of hydrogen-bond acceptors (Lipinski definition) is 4. The van der Waals surface area contributed by atoms with Gasteiger partial charge < -0.3 is 10.5 Å². The molecule has 106 valence electrons. The van der Waals surface area contributed by atoms with Crippen LogP contribution in [0.5, 0.6) is 5.75 Å². The average Bonchev–Trinajstić information content (AvgIpc) is 2.97. The van der Waals surface area contributed by atoms with Crippen LogP contribution in [0.25, 0.3) is 16.9 Å². The molecule has 0 atom stereocenters. The predicted molar refractivity (Wildman–Crippen MR) is 85.5 cm³/mol. The Balaban J connectivity index is 2.14. The number of halogens is 1. The van der Waals surface area contributed by atoms with Gasteiger partial charge in [0.2, 0.25) is 0 Å². The van der Waals surface area contributed by atoms with Crippen molar-refractivity contribution >= 4 is 21.7 Å². The summed E-state index contributed by atoms with van der Waals surface area (Å²) in [6, 6.07) is 9.62. The minimum Gasteiger partial charge on any atom is -0.495 e. The summed E-state index contributed by atoms with van der Waals surface area (Å²) in [6.45, 7) is 0. The van der Waals surface area contributed by atoms with E-state index in [1.165, 1.54) is 0 Å². The molecule has 3 aromatic rings. The van der Waals surface area contributed by atoms with Gasteiger partial charge in [0.1, 0.15) is 11.6 Å². The van der Waals surface area contributed by atoms with Crippen LogP contribution in [0.4, 0.5) is 5.82 Å². The van der Waals surface area contributed by atoms with Crippen LogP contribution in [0.3, 0.4) is 0 Å². The van der Waals surface area contributed by atoms with Gasteiger partial charge in [-0.1, -0.05) is 0 Å². The summed E-state index contributed by atoms with van der Waals surface area (Å²) < 4.78 is 8.18. The predicted octanol–water partition coefficient (Wildman–Crippen LogP) is 3.29. The lowest BCUT2D eigenvalue weighted by atomic mass is 10.2. The molecule has 0 aliphatic heterocycles. The molecule has 0 saturated heterocycles. The van der Waals surface area contributed by atoms with E-state index >= 15 is 0 Å². The SMILES string of the molecule is COc1cc(-n2cncc2-c2cccnc2N)ccc1Br. The Morgan fingerprint density at radius 3 is 2.90 bits per heavy atom. The lowest BCUT2D eigenvalue weighted by Crippen LogP contribution is -1.99. The number of anilines is 1. The second-order valence-corrected chi connectivity index (χ2v) is 5.26. The lowest BCUT2D eigenvalue weighted by molar-refractivity contribution is 0.412. The molecule has 1 aromatic carbocycles. The maximum Gasteiger partial charge on any atom is 0.135 e. The quantitative estimate of drug-likeness (QED) is 0.791. The molecule has 5 nitrogen and oxygen atoms in total. The molecule has 0 aliphatic rings. The van der Waals surface area contributed by atoms with Crippen molar-refractivity contribution in [2.75, 3.05) is 12.8 Å². The zero-order valence-electron chi connectivity index (χ0n) is 11.3. The van der Waals surface area contributed by atoms with Crippen molar-refractivity contribution in [3.8, 4) is 22.7 Å². The van der Waals surface area contributed by atoms with Crippen LogP contribution in [-0.4, -0.2) is 21.6 Å². The van der Waals surface area contributed by atoms with E-state index in [0.29, 0.717) is 5.82 Å². The largest absolute Gasteiger partial charge is 0.495 e. The number of rotatable bonds is 3. The zero-order chi connectivity index (χ0) is 14.8. The van der Waals surface area contributed by atoms with Gasteiger partial charge in [-0.25, -0.2) is 9.97 Å². The van der Waals surface area contributed by atoms with Crippen molar-refractivity contribution in [3.05, 3.63) is 53.5 Å². The molecule has 6 heteroatoms. The molecule has 0 amide bonds. The Labute approximate surface area is 130 Å². The minimum atomic E-state index is 0.475. The van der Waals surface area contributed by atoms with Gasteiger partial charge in [0.15, 0.2) is 0 Å². The highest BCUT2D eigenvalue weighted by atomic mass is 79.9. The van der Waals surface area contributed by atoms with E-state index in [9.17, 15) is 0 Å². The Morgan fingerprint density at radius 1 is 1.29 bits per heavy atom. The standard InChI is InChI=1S/C15H13BrN4O/c1-21-14-7-10(4-5-12(14)16)20-9-18-8-13(20)11-3-2-6-19-15(11)17/h2-9H,1H3,(H2,17,19). The second-order valence-electron chi connectivity index (χ2n) is 4.40. The number of benzene rings is 1. The summed E-state index contributed by atoms with van der Waals surface area (Å²) in [4.78, 5) is 8.34. The second kappa shape index (κ2) is 5.57. The van der Waals surface area contributed by atoms with Gasteiger partial charge in [0.25, 0.3) is 0 Å². The lowest BCUT2D eigenvalue weighted by Gasteiger charge is -2.11. The molecule has 0 spiro atoms. The van der Waals surface area contributed by atoms with Crippen LogP contribution in [0.1, 0.15) is 0 Å². The van der Waals surface area contributed by atoms with Crippen LogP contribution < -0.4 is 10.5 Å². The number of methoxy groups -OCH3 is 1. The summed E-state index contributed by atoms with van der Waals surface area (Å²) in [5, 5.41) is 0. The van der Waals surface area contributed by atoms with E-state index < -0.39 is 0 Å². The molecule has 0 bridgehead atoms. The number of nitrogen functional groups attached to an aromatic ring is 1. The summed E-state index contributed by atoms with van der Waals surface area (Å²) in [5.74, 6) is 1.23. The maximum atomic E-state index is 5.95. The summed E-state index contributed by atoms with van der Waals surface area (Å²) in [5.41, 5.74) is 8.61. The van der Waals surface area contributed by atoms with Crippen molar-refractivity contribution in [3.63, 3.8) is 0 Å². The third-order valence-electron chi connectivity index (χ3n) is 3.17. The Bertz CT molecular complexity index is 785. The van der Waals surface area contributed by atoms with Crippen molar-refractivity contribution in [1.29, 1.82) is 0 Å². The highest BCUT2D eigenvalue weighted by molar-refractivity contribution is 9.10. The molecule has 0 fully saturated rings. The molecular weight excluding hydrogens is 332 g/mol. The van der Waals surface area contributed by atoms with Crippen LogP contribution >= 0.6 is 15.9 Å². The van der Waals surface area contributed by atoms with Gasteiger partial charge in [-0.3, -0.25) is 4.57 Å². The van der Waals surface area contributed by atoms with E-state index in [0.717, 1.165) is 27.2 Å². The Morgan fingerprint density at radius 2 is 2.14 bits per heavy atom. The van der Waals surface area contributed by atoms with Gasteiger partial charge in [-0.2, -0.15) is 0 Å². The van der Waals surface area contributed by atoms with Gasteiger partial charge in [0.05, 0.1) is 35.5 Å². The third-order valence-corrected chi connectivity index (χ3v) is 3.82. The molecule has 3 rings (SSSR count). The maximum absolute atomic E-state index is 5.95. The summed E-state index contributed by atoms with van der Waals surface area (Å²) in [6.07, 6.45) is 5.18. The van der Waals surface area contributed by atoms with E-state index in [1.807, 2.05) is 34.9 Å². The minimum absolute atomic E-state index is 0.475. The fourth-order valence-electron chi connectivity index (χ4n) is 2.13. The average molecular weight is 345 g/mol. The molecular formula is C15H13BrN4O. The molecule has 0 saturated carbocycles. The number of aromatic nitrogens is 3. The first-order valence-electron chi connectivity index (χ1n) is 6.28. The molecule has 2 aromatic heterocycles. The molecule has 0 unspecified atom stereocenters. The normalized spacial score (nSPS) is 10.6. The topological polar surface area (TPSA) is 66.0 Å². The van der Waals surface area contributed by atoms with E-state index in [1.54, 1.807) is 25.8 Å². The highest BCUT2D eigenvalue weighted by Gasteiger charge is 2.11. The number of nitrogens with zero attached hydrogens (tertiary/aromatic N) is 3. The fraction of sp³-hybridized carbons (Fsp3) is 0.0667. The zero-order valence-corrected chi connectivity index (χ0v) is 12.9. The number of hydrogen-bond donors (Lipinski definition) is 1. The van der Waals surface area contributed by atoms with E-state index in [-0.39, 0.29) is 0 Å². The molecule has 0 radical (unpaired) electrons. The fourth-order valence-corrected chi connectivity index (χ4v) is 2.54. The molecule has 0 aliphatic carbocycles. The summed E-state index contributed by atoms with van der Waals surface area (Å²) in [7, 11) is 1.64. The Kier molecular flexibility index (Phi) is 3.62. The Hall–Kier alpha value is -2.34. The van der Waals surface area contributed by atoms with Gasteiger partial charge in [-0.15, -0.1) is 0 Å². The number of pyridine rings is 1. The van der Waals surface area contributed by atoms with E-state index in [4.69, 9.17) is 10.5 Å². The van der Waals surface area contributed by atoms with Crippen LogP contribution in [-0.2, 0) is 0 Å². The van der Waals surface area contributed by atoms with E-state index in [2.05, 4.69) is 25.9 Å². The first kappa shape index (κ1) is 13.6. The number of nitrogens with two attached hydrogens (primary N) is 1. The summed E-state index contributed by atoms with van der Waals surface area (Å²) >= 11 is 3.45. The molecule has 2 N–H and O–H groups in total. The van der Waals surface area contributed by atoms with Crippen molar-refractivity contribution < 1.29 is 4.74 Å². The van der Waals surface area contributed by atoms with Gasteiger partial charge >= 0.3 is 0 Å². The highest BCUT2D eigenvalue weighted by Crippen LogP contribution is 2.30. The van der Waals surface area contributed by atoms with Crippen LogP contribution in [0.2, 0.25) is 0 Å². The monoisotopic (exact) mass is 344 g/mol. The molecule has 21 heavy (non-hydrogen) atoms. The first-order chi connectivity index (χ1) is 10.2. The van der Waals surface area contributed by atoms with Crippen molar-refractivity contribution in [1.82, 2.24) is 14.5 Å². The van der Waals surface area contributed by atoms with Crippen molar-refractivity contribution in [2.24, 2.45) is 0 Å². The van der Waals surface area contributed by atoms with Crippen LogP contribution in [0.15, 0.2) is 53.5 Å². The van der Waals surface area contributed by atoms with Crippen LogP contribution in [0, 0.1) is 0 Å². The van der Waals surface area contributed by atoms with Gasteiger partial charge in [0, 0.05) is 17.8 Å². The smallest absolute Gasteiger partial charge is 0.135 e. The first-order valence-corrected chi connectivity index (χ1v) is 7.07. The van der Waals surface area contributed by atoms with Crippen molar-refractivity contribution in [2.45, 2.75) is 0 Å². The number of ether oxygens (including phenoxy) is 1. The molecule has 2 heterocycles. The number of imidazole rings is 1. The third kappa shape index (κ3) is 2.50. The van der Waals surface area contributed by atoms with Gasteiger partial charge in [-0.05, 0) is 40.2 Å².